The van der Waals surface area contributed by atoms with Gasteiger partial charge >= 0.3 is 0 Å². The number of carbonyl (C=O) groups excluding carboxylic acids is 1. The van der Waals surface area contributed by atoms with E-state index in [1.165, 1.54) is 0 Å². The summed E-state index contributed by atoms with van der Waals surface area (Å²) < 4.78 is 5.32. The van der Waals surface area contributed by atoms with Gasteiger partial charge in [-0.1, -0.05) is 35.9 Å². The van der Waals surface area contributed by atoms with E-state index in [4.69, 9.17) is 16.3 Å². The predicted molar refractivity (Wildman–Crippen MR) is 93.5 cm³/mol. The molecule has 0 spiro atoms. The van der Waals surface area contributed by atoms with Crippen LogP contribution in [0.1, 0.15) is 5.56 Å². The minimum Gasteiger partial charge on any atom is -0.482 e. The van der Waals surface area contributed by atoms with Gasteiger partial charge < -0.3 is 9.64 Å². The highest BCUT2D eigenvalue weighted by molar-refractivity contribution is 6.32. The molecule has 0 aliphatic carbocycles. The predicted octanol–water partition coefficient (Wildman–Crippen LogP) is 2.94. The van der Waals surface area contributed by atoms with Crippen LogP contribution in [-0.4, -0.2) is 32.8 Å². The first-order chi connectivity index (χ1) is 11.1. The number of ether oxygens (including phenoxy) is 1. The number of hydrazone groups is 1. The summed E-state index contributed by atoms with van der Waals surface area (Å²) in [6, 6.07) is 14.8. The van der Waals surface area contributed by atoms with Gasteiger partial charge in [-0.15, -0.1) is 0 Å². The Morgan fingerprint density at radius 1 is 1.22 bits per heavy atom. The Hall–Kier alpha value is -2.53. The summed E-state index contributed by atoms with van der Waals surface area (Å²) in [6.45, 7) is -0.152. The van der Waals surface area contributed by atoms with Crippen LogP contribution in [0.25, 0.3) is 0 Å². The van der Waals surface area contributed by atoms with Gasteiger partial charge in [0.05, 0.1) is 11.2 Å². The second-order valence-electron chi connectivity index (χ2n) is 5.00. The summed E-state index contributed by atoms with van der Waals surface area (Å²) in [5.41, 5.74) is 4.40. The molecular weight excluding hydrogens is 314 g/mol. The average molecular weight is 332 g/mol. The minimum absolute atomic E-state index is 0.152. The number of rotatable bonds is 6. The number of hydrogen-bond acceptors (Lipinski definition) is 4. The van der Waals surface area contributed by atoms with Crippen LogP contribution in [0.4, 0.5) is 5.69 Å². The third-order valence-electron chi connectivity index (χ3n) is 3.01. The molecule has 0 aromatic heterocycles. The zero-order chi connectivity index (χ0) is 16.7. The lowest BCUT2D eigenvalue weighted by molar-refractivity contribution is -0.123. The Balaban J connectivity index is 1.80. The van der Waals surface area contributed by atoms with E-state index in [0.29, 0.717) is 10.8 Å². The van der Waals surface area contributed by atoms with Crippen molar-refractivity contribution in [3.05, 3.63) is 59.1 Å². The fraction of sp³-hybridized carbons (Fsp3) is 0.176. The SMILES string of the molecule is CN(C)c1ccc(C=NNC(=O)COc2ccccc2Cl)cc1. The van der Waals surface area contributed by atoms with Crippen LogP contribution in [0.5, 0.6) is 5.75 Å². The summed E-state index contributed by atoms with van der Waals surface area (Å²) in [5, 5.41) is 4.36. The van der Waals surface area contributed by atoms with Gasteiger partial charge in [-0.2, -0.15) is 5.10 Å². The van der Waals surface area contributed by atoms with Crippen molar-refractivity contribution in [1.82, 2.24) is 5.43 Å². The number of anilines is 1. The summed E-state index contributed by atoms with van der Waals surface area (Å²) >= 11 is 5.94. The Kier molecular flexibility index (Phi) is 6.00. The van der Waals surface area contributed by atoms with Crippen LogP contribution in [-0.2, 0) is 4.79 Å². The second kappa shape index (κ2) is 8.19. The quantitative estimate of drug-likeness (QED) is 0.654. The van der Waals surface area contributed by atoms with Crippen molar-refractivity contribution in [2.24, 2.45) is 5.10 Å². The van der Waals surface area contributed by atoms with Crippen molar-refractivity contribution in [3.8, 4) is 5.75 Å². The van der Waals surface area contributed by atoms with Gasteiger partial charge in [-0.25, -0.2) is 5.43 Å². The summed E-state index contributed by atoms with van der Waals surface area (Å²) in [4.78, 5) is 13.7. The average Bonchev–Trinajstić information content (AvgIpc) is 2.54. The molecule has 0 saturated heterocycles. The molecule has 0 heterocycles. The normalized spacial score (nSPS) is 10.6. The molecule has 0 aliphatic heterocycles. The zero-order valence-electron chi connectivity index (χ0n) is 13.0. The molecule has 0 unspecified atom stereocenters. The van der Waals surface area contributed by atoms with Gasteiger partial charge in [-0.05, 0) is 29.8 Å². The molecule has 0 aliphatic rings. The summed E-state index contributed by atoms with van der Waals surface area (Å²) in [5.74, 6) is 0.110. The number of nitrogens with zero attached hydrogens (tertiary/aromatic N) is 2. The van der Waals surface area contributed by atoms with Crippen molar-refractivity contribution < 1.29 is 9.53 Å². The minimum atomic E-state index is -0.355. The largest absolute Gasteiger partial charge is 0.482 e. The third kappa shape index (κ3) is 5.30. The molecule has 2 aromatic rings. The Morgan fingerprint density at radius 2 is 1.91 bits per heavy atom. The molecular formula is C17H18ClN3O2. The van der Waals surface area contributed by atoms with E-state index in [0.717, 1.165) is 11.3 Å². The first kappa shape index (κ1) is 16.8. The van der Waals surface area contributed by atoms with Crippen LogP contribution < -0.4 is 15.1 Å². The number of nitrogens with one attached hydrogen (secondary N) is 1. The molecule has 0 fully saturated rings. The topological polar surface area (TPSA) is 53.9 Å². The van der Waals surface area contributed by atoms with Crippen LogP contribution in [0.3, 0.4) is 0 Å². The van der Waals surface area contributed by atoms with Gasteiger partial charge in [0, 0.05) is 19.8 Å². The van der Waals surface area contributed by atoms with E-state index < -0.39 is 0 Å². The first-order valence-electron chi connectivity index (χ1n) is 7.03. The second-order valence-corrected chi connectivity index (χ2v) is 5.41. The number of halogens is 1. The van der Waals surface area contributed by atoms with Gasteiger partial charge in [0.25, 0.3) is 5.91 Å². The highest BCUT2D eigenvalue weighted by Crippen LogP contribution is 2.22. The van der Waals surface area contributed by atoms with E-state index in [2.05, 4.69) is 10.5 Å². The molecule has 0 radical (unpaired) electrons. The van der Waals surface area contributed by atoms with Crippen molar-refractivity contribution in [1.29, 1.82) is 0 Å². The molecule has 23 heavy (non-hydrogen) atoms. The number of amides is 1. The van der Waals surface area contributed by atoms with Gasteiger partial charge in [0.1, 0.15) is 5.75 Å². The third-order valence-corrected chi connectivity index (χ3v) is 3.32. The monoisotopic (exact) mass is 331 g/mol. The Morgan fingerprint density at radius 3 is 2.57 bits per heavy atom. The maximum atomic E-state index is 11.7. The lowest BCUT2D eigenvalue weighted by Crippen LogP contribution is -2.24. The van der Waals surface area contributed by atoms with Gasteiger partial charge in [0.2, 0.25) is 0 Å². The number of carbonyl (C=O) groups is 1. The van der Waals surface area contributed by atoms with Crippen molar-refractivity contribution >= 4 is 29.4 Å². The van der Waals surface area contributed by atoms with Crippen LogP contribution in [0, 0.1) is 0 Å². The standard InChI is InChI=1S/C17H18ClN3O2/c1-21(2)14-9-7-13(8-10-14)11-19-20-17(22)12-23-16-6-4-3-5-15(16)18/h3-11H,12H2,1-2H3,(H,20,22). The highest BCUT2D eigenvalue weighted by Gasteiger charge is 2.04. The number of hydrogen-bond donors (Lipinski definition) is 1. The fourth-order valence-corrected chi connectivity index (χ4v) is 1.96. The van der Waals surface area contributed by atoms with Crippen LogP contribution in [0.2, 0.25) is 5.02 Å². The van der Waals surface area contributed by atoms with E-state index in [9.17, 15) is 4.79 Å². The zero-order valence-corrected chi connectivity index (χ0v) is 13.7. The molecule has 120 valence electrons. The molecule has 5 nitrogen and oxygen atoms in total. The fourth-order valence-electron chi connectivity index (χ4n) is 1.77. The van der Waals surface area contributed by atoms with Gasteiger partial charge in [-0.3, -0.25) is 4.79 Å². The maximum Gasteiger partial charge on any atom is 0.277 e. The summed E-state index contributed by atoms with van der Waals surface area (Å²) in [7, 11) is 3.95. The Bertz CT molecular complexity index is 684. The Labute approximate surface area is 140 Å². The lowest BCUT2D eigenvalue weighted by atomic mass is 10.2. The van der Waals surface area contributed by atoms with Gasteiger partial charge in [0.15, 0.2) is 6.61 Å². The molecule has 2 rings (SSSR count). The van der Waals surface area contributed by atoms with E-state index in [1.807, 2.05) is 43.3 Å². The van der Waals surface area contributed by atoms with Crippen molar-refractivity contribution in [2.45, 2.75) is 0 Å². The summed E-state index contributed by atoms with van der Waals surface area (Å²) in [6.07, 6.45) is 1.58. The maximum absolute atomic E-state index is 11.7. The first-order valence-corrected chi connectivity index (χ1v) is 7.40. The van der Waals surface area contributed by atoms with E-state index in [-0.39, 0.29) is 12.5 Å². The molecule has 0 atom stereocenters. The number of benzene rings is 2. The van der Waals surface area contributed by atoms with E-state index >= 15 is 0 Å². The number of para-hydroxylation sites is 1. The molecule has 0 bridgehead atoms. The molecule has 1 N–H and O–H groups in total. The smallest absolute Gasteiger partial charge is 0.277 e. The lowest BCUT2D eigenvalue weighted by Gasteiger charge is -2.11. The van der Waals surface area contributed by atoms with E-state index in [1.54, 1.807) is 30.5 Å². The molecule has 1 amide bonds. The molecule has 6 heteroatoms. The highest BCUT2D eigenvalue weighted by atomic mass is 35.5. The molecule has 2 aromatic carbocycles. The van der Waals surface area contributed by atoms with Crippen molar-refractivity contribution in [2.75, 3.05) is 25.6 Å². The van der Waals surface area contributed by atoms with Crippen LogP contribution >= 0.6 is 11.6 Å². The van der Waals surface area contributed by atoms with Crippen molar-refractivity contribution in [3.63, 3.8) is 0 Å². The molecule has 0 saturated carbocycles. The van der Waals surface area contributed by atoms with Crippen LogP contribution in [0.15, 0.2) is 53.6 Å².